The standard InChI is InChI=1S/C25H33N3O/c1-20-8-9-24(18-21(20)2)27-12-10-23(11-13-27)25(29)28-16-14-26(15-17-28)19-22-6-4-3-5-7-22/h3-9,18,23H,10-17,19H2,1-2H3. The van der Waals surface area contributed by atoms with Gasteiger partial charge >= 0.3 is 0 Å². The van der Waals surface area contributed by atoms with Crippen molar-refractivity contribution < 1.29 is 4.79 Å². The van der Waals surface area contributed by atoms with Gasteiger partial charge < -0.3 is 9.80 Å². The molecule has 2 saturated heterocycles. The van der Waals surface area contributed by atoms with Crippen LogP contribution < -0.4 is 4.90 Å². The minimum Gasteiger partial charge on any atom is -0.371 e. The lowest BCUT2D eigenvalue weighted by atomic mass is 9.94. The first kappa shape index (κ1) is 20.0. The number of piperidine rings is 1. The first-order valence-electron chi connectivity index (χ1n) is 11.0. The highest BCUT2D eigenvalue weighted by atomic mass is 16.2. The normalized spacial score (nSPS) is 18.8. The van der Waals surface area contributed by atoms with Gasteiger partial charge in [-0.15, -0.1) is 0 Å². The molecule has 4 heteroatoms. The van der Waals surface area contributed by atoms with E-state index in [0.717, 1.165) is 58.7 Å². The van der Waals surface area contributed by atoms with Crippen molar-refractivity contribution in [1.82, 2.24) is 9.80 Å². The second kappa shape index (κ2) is 9.00. The fourth-order valence-electron chi connectivity index (χ4n) is 4.53. The van der Waals surface area contributed by atoms with Crippen LogP contribution in [0.1, 0.15) is 29.5 Å². The van der Waals surface area contributed by atoms with Gasteiger partial charge in [0.05, 0.1) is 0 Å². The molecule has 4 nitrogen and oxygen atoms in total. The van der Waals surface area contributed by atoms with Crippen LogP contribution in [0.15, 0.2) is 48.5 Å². The van der Waals surface area contributed by atoms with Crippen molar-refractivity contribution in [2.24, 2.45) is 5.92 Å². The van der Waals surface area contributed by atoms with Gasteiger partial charge in [0, 0.05) is 57.4 Å². The fourth-order valence-corrected chi connectivity index (χ4v) is 4.53. The third kappa shape index (κ3) is 4.81. The van der Waals surface area contributed by atoms with Crippen molar-refractivity contribution >= 4 is 11.6 Å². The SMILES string of the molecule is Cc1ccc(N2CCC(C(=O)N3CCN(Cc4ccccc4)CC3)CC2)cc1C. The van der Waals surface area contributed by atoms with E-state index in [1.807, 2.05) is 0 Å². The monoisotopic (exact) mass is 391 g/mol. The third-order valence-corrected chi connectivity index (χ3v) is 6.63. The van der Waals surface area contributed by atoms with E-state index in [0.29, 0.717) is 5.91 Å². The molecule has 0 aliphatic carbocycles. The summed E-state index contributed by atoms with van der Waals surface area (Å²) in [6, 6.07) is 17.3. The zero-order chi connectivity index (χ0) is 20.2. The van der Waals surface area contributed by atoms with Crippen molar-refractivity contribution in [2.75, 3.05) is 44.2 Å². The predicted molar refractivity (Wildman–Crippen MR) is 119 cm³/mol. The summed E-state index contributed by atoms with van der Waals surface area (Å²) in [5.41, 5.74) is 5.33. The minimum absolute atomic E-state index is 0.193. The Balaban J connectivity index is 1.25. The van der Waals surface area contributed by atoms with E-state index in [1.54, 1.807) is 0 Å². The summed E-state index contributed by atoms with van der Waals surface area (Å²) in [6.07, 6.45) is 1.94. The molecule has 2 heterocycles. The minimum atomic E-state index is 0.193. The van der Waals surface area contributed by atoms with Crippen LogP contribution in [-0.2, 0) is 11.3 Å². The quantitative estimate of drug-likeness (QED) is 0.792. The van der Waals surface area contributed by atoms with Gasteiger partial charge in [-0.2, -0.15) is 0 Å². The molecular weight excluding hydrogens is 358 g/mol. The van der Waals surface area contributed by atoms with Gasteiger partial charge in [-0.05, 0) is 55.5 Å². The van der Waals surface area contributed by atoms with E-state index >= 15 is 0 Å². The fraction of sp³-hybridized carbons (Fsp3) is 0.480. The Kier molecular flexibility index (Phi) is 6.19. The Morgan fingerprint density at radius 1 is 0.862 bits per heavy atom. The number of nitrogens with zero attached hydrogens (tertiary/aromatic N) is 3. The molecule has 2 aromatic carbocycles. The number of benzene rings is 2. The van der Waals surface area contributed by atoms with E-state index < -0.39 is 0 Å². The largest absolute Gasteiger partial charge is 0.371 e. The molecule has 0 bridgehead atoms. The first-order chi connectivity index (χ1) is 14.1. The number of anilines is 1. The molecule has 0 N–H and O–H groups in total. The van der Waals surface area contributed by atoms with Gasteiger partial charge in [0.15, 0.2) is 0 Å². The first-order valence-corrected chi connectivity index (χ1v) is 11.0. The van der Waals surface area contributed by atoms with Crippen LogP contribution in [0.5, 0.6) is 0 Å². The highest BCUT2D eigenvalue weighted by Gasteiger charge is 2.30. The van der Waals surface area contributed by atoms with Crippen molar-refractivity contribution in [1.29, 1.82) is 0 Å². The highest BCUT2D eigenvalue weighted by molar-refractivity contribution is 5.79. The molecule has 0 atom stereocenters. The number of rotatable bonds is 4. The van der Waals surface area contributed by atoms with Gasteiger partial charge in [0.1, 0.15) is 0 Å². The maximum Gasteiger partial charge on any atom is 0.225 e. The van der Waals surface area contributed by atoms with Crippen LogP contribution in [0.25, 0.3) is 0 Å². The summed E-state index contributed by atoms with van der Waals surface area (Å²) < 4.78 is 0. The van der Waals surface area contributed by atoms with E-state index in [-0.39, 0.29) is 5.92 Å². The number of aryl methyl sites for hydroxylation is 2. The Hall–Kier alpha value is -2.33. The average Bonchev–Trinajstić information content (AvgIpc) is 2.77. The number of hydrogen-bond acceptors (Lipinski definition) is 3. The van der Waals surface area contributed by atoms with Crippen LogP contribution in [0.4, 0.5) is 5.69 Å². The van der Waals surface area contributed by atoms with E-state index in [9.17, 15) is 4.79 Å². The van der Waals surface area contributed by atoms with Gasteiger partial charge in [-0.3, -0.25) is 9.69 Å². The molecule has 4 rings (SSSR count). The van der Waals surface area contributed by atoms with Crippen LogP contribution in [0, 0.1) is 19.8 Å². The molecule has 0 saturated carbocycles. The van der Waals surface area contributed by atoms with Crippen molar-refractivity contribution in [2.45, 2.75) is 33.2 Å². The summed E-state index contributed by atoms with van der Waals surface area (Å²) in [5.74, 6) is 0.572. The molecule has 154 valence electrons. The number of piperazine rings is 1. The van der Waals surface area contributed by atoms with E-state index in [4.69, 9.17) is 0 Å². The summed E-state index contributed by atoms with van der Waals surface area (Å²) in [4.78, 5) is 20.1. The summed E-state index contributed by atoms with van der Waals surface area (Å²) in [5, 5.41) is 0. The van der Waals surface area contributed by atoms with Gasteiger partial charge in [0.25, 0.3) is 0 Å². The van der Waals surface area contributed by atoms with Crippen molar-refractivity contribution in [3.05, 3.63) is 65.2 Å². The van der Waals surface area contributed by atoms with Gasteiger partial charge in [-0.25, -0.2) is 0 Å². The van der Waals surface area contributed by atoms with Gasteiger partial charge in [0.2, 0.25) is 5.91 Å². The second-order valence-corrected chi connectivity index (χ2v) is 8.62. The zero-order valence-electron chi connectivity index (χ0n) is 17.8. The van der Waals surface area contributed by atoms with Gasteiger partial charge in [-0.1, -0.05) is 36.4 Å². The molecular formula is C25H33N3O. The van der Waals surface area contributed by atoms with Crippen LogP contribution in [-0.4, -0.2) is 55.0 Å². The Morgan fingerprint density at radius 3 is 2.21 bits per heavy atom. The molecule has 2 aliphatic rings. The smallest absolute Gasteiger partial charge is 0.225 e. The van der Waals surface area contributed by atoms with E-state index in [1.165, 1.54) is 22.4 Å². The number of carbonyl (C=O) groups excluding carboxylic acids is 1. The van der Waals surface area contributed by atoms with E-state index in [2.05, 4.69) is 77.1 Å². The molecule has 1 amide bonds. The van der Waals surface area contributed by atoms with Crippen LogP contribution in [0.3, 0.4) is 0 Å². The molecule has 29 heavy (non-hydrogen) atoms. The Bertz CT molecular complexity index is 819. The summed E-state index contributed by atoms with van der Waals surface area (Å²) in [6.45, 7) is 10.9. The summed E-state index contributed by atoms with van der Waals surface area (Å²) in [7, 11) is 0. The summed E-state index contributed by atoms with van der Waals surface area (Å²) >= 11 is 0. The van der Waals surface area contributed by atoms with Crippen molar-refractivity contribution in [3.8, 4) is 0 Å². The lowest BCUT2D eigenvalue weighted by Crippen LogP contribution is -2.51. The number of carbonyl (C=O) groups is 1. The predicted octanol–water partition coefficient (Wildman–Crippen LogP) is 3.86. The lowest BCUT2D eigenvalue weighted by Gasteiger charge is -2.39. The Labute approximate surface area is 175 Å². The van der Waals surface area contributed by atoms with Crippen LogP contribution in [0.2, 0.25) is 0 Å². The molecule has 0 aromatic heterocycles. The molecule has 0 spiro atoms. The van der Waals surface area contributed by atoms with Crippen LogP contribution >= 0.6 is 0 Å². The third-order valence-electron chi connectivity index (χ3n) is 6.63. The second-order valence-electron chi connectivity index (χ2n) is 8.62. The number of hydrogen-bond donors (Lipinski definition) is 0. The average molecular weight is 392 g/mol. The maximum atomic E-state index is 13.0. The molecule has 0 radical (unpaired) electrons. The van der Waals surface area contributed by atoms with Crippen molar-refractivity contribution in [3.63, 3.8) is 0 Å². The number of amides is 1. The molecule has 2 aliphatic heterocycles. The highest BCUT2D eigenvalue weighted by Crippen LogP contribution is 2.26. The Morgan fingerprint density at radius 2 is 1.55 bits per heavy atom. The topological polar surface area (TPSA) is 26.8 Å². The molecule has 0 unspecified atom stereocenters. The molecule has 2 fully saturated rings. The maximum absolute atomic E-state index is 13.0. The molecule has 2 aromatic rings. The lowest BCUT2D eigenvalue weighted by molar-refractivity contribution is -0.138. The zero-order valence-corrected chi connectivity index (χ0v) is 17.8.